The molecule has 2 aliphatic rings. The van der Waals surface area contributed by atoms with Crippen LogP contribution in [0.2, 0.25) is 0 Å². The van der Waals surface area contributed by atoms with Gasteiger partial charge < -0.3 is 4.79 Å². The molecule has 0 aromatic heterocycles. The topological polar surface area (TPSA) is 73.1 Å². The molecular weight excluding hydrogens is 260 g/mol. The lowest BCUT2D eigenvalue weighted by Crippen LogP contribution is -2.62. The summed E-state index contributed by atoms with van der Waals surface area (Å²) in [6.07, 6.45) is 1.84. The van der Waals surface area contributed by atoms with Gasteiger partial charge in [0.25, 0.3) is 24.1 Å². The van der Waals surface area contributed by atoms with Crippen molar-refractivity contribution in [3.05, 3.63) is 0 Å². The van der Waals surface area contributed by atoms with Gasteiger partial charge >= 0.3 is 6.03 Å². The van der Waals surface area contributed by atoms with Crippen molar-refractivity contribution >= 4 is 29.9 Å². The summed E-state index contributed by atoms with van der Waals surface area (Å²) in [6, 6.07) is -2.58. The highest BCUT2D eigenvalue weighted by Crippen LogP contribution is 2.17. The minimum absolute atomic E-state index is 0.0428. The van der Waals surface area contributed by atoms with Crippen molar-refractivity contribution in [3.63, 3.8) is 0 Å². The fraction of sp³-hybridized carbons (Fsp3) is 0.615. The zero-order chi connectivity index (χ0) is 19.9. The molecule has 1 unspecified atom stereocenters. The van der Waals surface area contributed by atoms with Gasteiger partial charge in [-0.05, 0) is 24.8 Å². The van der Waals surface area contributed by atoms with Gasteiger partial charge in [-0.15, -0.1) is 0 Å². The smallest absolute Gasteiger partial charge is 0.300 e. The summed E-state index contributed by atoms with van der Waals surface area (Å²) in [7, 11) is 0. The van der Waals surface area contributed by atoms with E-state index in [0.717, 1.165) is 6.34 Å². The molecule has 2 heterocycles. The van der Waals surface area contributed by atoms with Crippen LogP contribution in [0.15, 0.2) is 4.99 Å². The second kappa shape index (κ2) is 5.52. The number of ketones is 1. The summed E-state index contributed by atoms with van der Waals surface area (Å²) in [6.45, 7) is -4.35. The third-order valence-corrected chi connectivity index (χ3v) is 3.15. The van der Waals surface area contributed by atoms with Gasteiger partial charge in [0.2, 0.25) is 0 Å². The fourth-order valence-electron chi connectivity index (χ4n) is 2.10. The zero-order valence-electron chi connectivity index (χ0n) is 17.0. The molecule has 0 N–H and O–H groups in total. The number of rotatable bonds is 5. The average molecular weight is 285 g/mol. The molecule has 3 amide bonds. The first-order valence-corrected chi connectivity index (χ1v) is 6.20. The molecule has 0 saturated carbocycles. The number of nitrogens with zero attached hydrogens (tertiary/aromatic N) is 4. The summed E-state index contributed by atoms with van der Waals surface area (Å²) in [5.74, 6) is -1.31. The summed E-state index contributed by atoms with van der Waals surface area (Å²) in [5, 5.41) is 0. The number of Topliss-reactive ketones (excluding diaryl/α,β-unsaturated/α-hetero) is 1. The predicted molar refractivity (Wildman–Crippen MR) is 72.9 cm³/mol. The van der Waals surface area contributed by atoms with Gasteiger partial charge in [0.05, 0.1) is 11.1 Å². The van der Waals surface area contributed by atoms with Gasteiger partial charge in [0, 0.05) is 24.1 Å². The van der Waals surface area contributed by atoms with Crippen LogP contribution in [0.5, 0.6) is 0 Å². The number of carbonyl (C=O) groups excluding carboxylic acids is 3. The number of aliphatic imine (C=N–C) groups is 1. The van der Waals surface area contributed by atoms with E-state index in [1.165, 1.54) is 6.92 Å². The highest BCUT2D eigenvalue weighted by Gasteiger charge is 2.50. The third kappa shape index (κ3) is 2.48. The average Bonchev–Trinajstić information content (AvgIpc) is 2.89. The molecule has 2 aliphatic heterocycles. The van der Waals surface area contributed by atoms with E-state index in [1.807, 2.05) is 0 Å². The zero-order valence-corrected chi connectivity index (χ0v) is 11.0. The van der Waals surface area contributed by atoms with Crippen molar-refractivity contribution in [2.24, 2.45) is 4.99 Å². The van der Waals surface area contributed by atoms with Crippen LogP contribution in [0.4, 0.5) is 4.79 Å². The number of likely N-dealkylation sites (N-methyl/N-ethyl adjacent to an activating group) is 2. The van der Waals surface area contributed by atoms with E-state index in [4.69, 9.17) is 8.22 Å². The van der Waals surface area contributed by atoms with E-state index >= 15 is 0 Å². The maximum Gasteiger partial charge on any atom is 0.333 e. The highest BCUT2D eigenvalue weighted by molar-refractivity contribution is 6.21. The largest absolute Gasteiger partial charge is 0.333 e. The Morgan fingerprint density at radius 1 is 1.50 bits per heavy atom. The Kier molecular flexibility index (Phi) is 2.29. The molecule has 7 heteroatoms. The first-order valence-electron chi connectivity index (χ1n) is 9.20. The second-order valence-electron chi connectivity index (χ2n) is 4.68. The Hall–Kier alpha value is -2.05. The summed E-state index contributed by atoms with van der Waals surface area (Å²) in [4.78, 5) is 41.1. The normalized spacial score (nSPS) is 27.6. The van der Waals surface area contributed by atoms with Crippen LogP contribution in [0.1, 0.15) is 34.4 Å². The number of hydrogen-bond acceptors (Lipinski definition) is 4. The monoisotopic (exact) mass is 285 g/mol. The highest BCUT2D eigenvalue weighted by atomic mass is 16.2. The van der Waals surface area contributed by atoms with Crippen molar-refractivity contribution in [1.82, 2.24) is 9.80 Å². The molecule has 0 aromatic rings. The molecule has 1 fully saturated rings. The Labute approximate surface area is 126 Å². The number of carbonyl (C=O) groups is 3. The minimum Gasteiger partial charge on any atom is -0.300 e. The Balaban J connectivity index is 2.31. The van der Waals surface area contributed by atoms with Crippen LogP contribution in [-0.4, -0.2) is 70.8 Å². The molecule has 1 atom stereocenters. The number of hydrogen-bond donors (Lipinski definition) is 0. The van der Waals surface area contributed by atoms with Gasteiger partial charge in [-0.1, -0.05) is 0 Å². The maximum atomic E-state index is 12.7. The summed E-state index contributed by atoms with van der Waals surface area (Å²) in [5.41, 5.74) is 0. The first-order chi connectivity index (χ1) is 11.9. The van der Waals surface area contributed by atoms with E-state index in [0.29, 0.717) is 27.2 Å². The van der Waals surface area contributed by atoms with Crippen LogP contribution in [-0.2, 0) is 9.59 Å². The Morgan fingerprint density at radius 3 is 2.95 bits per heavy atom. The van der Waals surface area contributed by atoms with E-state index in [1.54, 1.807) is 0 Å². The number of amides is 3. The van der Waals surface area contributed by atoms with Crippen molar-refractivity contribution in [2.45, 2.75) is 32.2 Å². The first kappa shape index (κ1) is 8.28. The standard InChI is InChI=1S/C13H19N4O3/c1-9(18)6-4-5-7-17-12(19)10-11(14-8-15(10)2)16(3)13(17)20/h8,10H,4-7H2,1-3H3/q+1/i2D3,3D3. The van der Waals surface area contributed by atoms with E-state index < -0.39 is 37.8 Å². The molecule has 1 saturated heterocycles. The second-order valence-corrected chi connectivity index (χ2v) is 4.68. The molecular formula is C13H19N4O3+. The van der Waals surface area contributed by atoms with Gasteiger partial charge in [-0.25, -0.2) is 9.37 Å². The lowest BCUT2D eigenvalue weighted by molar-refractivity contribution is -0.500. The molecule has 0 bridgehead atoms. The van der Waals surface area contributed by atoms with Crippen molar-refractivity contribution in [1.29, 1.82) is 0 Å². The Morgan fingerprint density at radius 2 is 2.30 bits per heavy atom. The molecule has 0 radical (unpaired) electrons. The number of fused-ring (bicyclic) bond motifs is 1. The van der Waals surface area contributed by atoms with Gasteiger partial charge in [0.15, 0.2) is 0 Å². The number of urea groups is 1. The fourth-order valence-corrected chi connectivity index (χ4v) is 2.10. The van der Waals surface area contributed by atoms with Gasteiger partial charge in [0.1, 0.15) is 5.78 Å². The SMILES string of the molecule is [2H]C([2H])([2H])N1C(=O)N(CCCCC(C)=O)C(=O)C2C1=NC=[N+]2C([2H])([2H])[2H]. The summed E-state index contributed by atoms with van der Waals surface area (Å²) >= 11 is 0. The lowest BCUT2D eigenvalue weighted by atomic mass is 10.1. The minimum atomic E-state index is -2.93. The molecule has 108 valence electrons. The summed E-state index contributed by atoms with van der Waals surface area (Å²) < 4.78 is 45.8. The van der Waals surface area contributed by atoms with Crippen molar-refractivity contribution in [2.75, 3.05) is 20.5 Å². The van der Waals surface area contributed by atoms with Crippen LogP contribution in [0.3, 0.4) is 0 Å². The maximum absolute atomic E-state index is 12.7. The molecule has 2 rings (SSSR count). The molecule has 0 spiro atoms. The van der Waals surface area contributed by atoms with E-state index in [2.05, 4.69) is 4.99 Å². The molecule has 20 heavy (non-hydrogen) atoms. The van der Waals surface area contributed by atoms with Crippen LogP contribution in [0, 0.1) is 0 Å². The van der Waals surface area contributed by atoms with Crippen LogP contribution in [0.25, 0.3) is 0 Å². The van der Waals surface area contributed by atoms with Crippen molar-refractivity contribution in [3.8, 4) is 0 Å². The molecule has 0 aliphatic carbocycles. The van der Waals surface area contributed by atoms with Crippen LogP contribution < -0.4 is 0 Å². The molecule has 7 nitrogen and oxygen atoms in total. The predicted octanol–water partition coefficient (Wildman–Crippen LogP) is 0.0910. The number of amidine groups is 1. The van der Waals surface area contributed by atoms with E-state index in [9.17, 15) is 14.4 Å². The van der Waals surface area contributed by atoms with Crippen molar-refractivity contribution < 1.29 is 27.2 Å². The lowest BCUT2D eigenvalue weighted by Gasteiger charge is -2.32. The van der Waals surface area contributed by atoms with Crippen LogP contribution >= 0.6 is 0 Å². The Bertz CT molecular complexity index is 697. The quantitative estimate of drug-likeness (QED) is 0.531. The number of unbranched alkanes of at least 4 members (excludes halogenated alkanes) is 1. The van der Waals surface area contributed by atoms with E-state index in [-0.39, 0.29) is 18.7 Å². The van der Waals surface area contributed by atoms with Gasteiger partial charge in [-0.2, -0.15) is 0 Å². The van der Waals surface area contributed by atoms with Gasteiger partial charge in [-0.3, -0.25) is 14.6 Å². The third-order valence-electron chi connectivity index (χ3n) is 3.15. The number of imide groups is 1. The molecule has 0 aromatic carbocycles.